The molecule has 3 aromatic rings. The van der Waals surface area contributed by atoms with Gasteiger partial charge in [0.25, 0.3) is 0 Å². The molecule has 0 bridgehead atoms. The molecule has 0 fully saturated rings. The van der Waals surface area contributed by atoms with Crippen molar-refractivity contribution in [3.05, 3.63) is 91.3 Å². The summed E-state index contributed by atoms with van der Waals surface area (Å²) < 4.78 is 7.83. The summed E-state index contributed by atoms with van der Waals surface area (Å²) in [6.45, 7) is 5.85. The first-order valence-corrected chi connectivity index (χ1v) is 10.1. The van der Waals surface area contributed by atoms with E-state index >= 15 is 0 Å². The molecule has 1 aromatic heterocycles. The molecule has 2 aromatic carbocycles. The zero-order valence-corrected chi connectivity index (χ0v) is 17.5. The van der Waals surface area contributed by atoms with Gasteiger partial charge in [0.2, 0.25) is 0 Å². The molecule has 0 spiro atoms. The average Bonchev–Trinajstić information content (AvgIpc) is 3.13. The number of aromatic nitrogens is 2. The van der Waals surface area contributed by atoms with Crippen LogP contribution in [0.3, 0.4) is 0 Å². The van der Waals surface area contributed by atoms with Crippen LogP contribution in [0.4, 0.5) is 5.13 Å². The Morgan fingerprint density at radius 2 is 1.75 bits per heavy atom. The number of halogens is 1. The van der Waals surface area contributed by atoms with Crippen LogP contribution in [0.15, 0.2) is 85.5 Å². The van der Waals surface area contributed by atoms with Crippen molar-refractivity contribution in [1.82, 2.24) is 4.98 Å². The fraction of sp³-hybridized carbons (Fsp3) is 0.0909. The predicted octanol–water partition coefficient (Wildman–Crippen LogP) is 5.79. The molecule has 0 amide bonds. The maximum absolute atomic E-state index is 5.95. The van der Waals surface area contributed by atoms with Crippen molar-refractivity contribution in [2.45, 2.75) is 6.92 Å². The lowest BCUT2D eigenvalue weighted by Gasteiger charge is -2.05. The second kappa shape index (κ2) is 11.1. The molecule has 6 heteroatoms. The fourth-order valence-corrected chi connectivity index (χ4v) is 3.15. The van der Waals surface area contributed by atoms with Gasteiger partial charge in [-0.2, -0.15) is 0 Å². The number of ether oxygens (including phenoxy) is 1. The summed E-state index contributed by atoms with van der Waals surface area (Å²) in [7, 11) is 0. The van der Waals surface area contributed by atoms with Crippen LogP contribution in [0.25, 0.3) is 11.3 Å². The topological polar surface area (TPSA) is 52.0 Å². The number of para-hydroxylation sites is 1. The first kappa shape index (κ1) is 21.4. The summed E-state index contributed by atoms with van der Waals surface area (Å²) in [6.07, 6.45) is 9.12. The Kier molecular flexibility index (Phi) is 8.46. The highest BCUT2D eigenvalue weighted by Crippen LogP contribution is 2.23. The van der Waals surface area contributed by atoms with Crippen LogP contribution in [0, 0.1) is 0 Å². The maximum Gasteiger partial charge on any atom is 0.350 e. The van der Waals surface area contributed by atoms with Crippen LogP contribution >= 0.6 is 23.1 Å². The van der Waals surface area contributed by atoms with Crippen molar-refractivity contribution >= 4 is 33.8 Å². The van der Waals surface area contributed by atoms with E-state index in [1.807, 2.05) is 83.7 Å². The molecule has 28 heavy (non-hydrogen) atoms. The van der Waals surface area contributed by atoms with Crippen LogP contribution in [-0.4, -0.2) is 11.4 Å². The van der Waals surface area contributed by atoms with E-state index in [1.165, 1.54) is 17.9 Å². The van der Waals surface area contributed by atoms with Crippen molar-refractivity contribution in [2.75, 3.05) is 12.1 Å². The molecule has 0 aliphatic rings. The maximum atomic E-state index is 5.95. The monoisotopic (exact) mass is 412 g/mol. The molecule has 3 rings (SSSR count). The zero-order valence-electron chi connectivity index (χ0n) is 15.9. The minimum absolute atomic E-state index is 0.498. The minimum Gasteiger partial charge on any atom is -0.457 e. The fourth-order valence-electron chi connectivity index (χ4n) is 2.37. The molecule has 0 aliphatic heterocycles. The SMILES string of the molecule is C=C/C(=C\C=C/C)c1nc(N)s[n+]1-c1ccc(Oc2ccccc2)cc1.CCl. The van der Waals surface area contributed by atoms with Crippen molar-refractivity contribution in [2.24, 2.45) is 0 Å². The highest BCUT2D eigenvalue weighted by molar-refractivity contribution is 7.05. The molecule has 0 saturated heterocycles. The number of benzene rings is 2. The molecular formula is C22H23ClN3OS+. The van der Waals surface area contributed by atoms with Crippen molar-refractivity contribution in [3.8, 4) is 17.2 Å². The lowest BCUT2D eigenvalue weighted by molar-refractivity contribution is -0.525. The molecular weight excluding hydrogens is 390 g/mol. The lowest BCUT2D eigenvalue weighted by Crippen LogP contribution is -2.29. The van der Waals surface area contributed by atoms with E-state index in [1.54, 1.807) is 6.08 Å². The van der Waals surface area contributed by atoms with Gasteiger partial charge in [-0.1, -0.05) is 43.0 Å². The summed E-state index contributed by atoms with van der Waals surface area (Å²) in [4.78, 5) is 4.46. The number of rotatable bonds is 6. The number of anilines is 1. The second-order valence-electron chi connectivity index (χ2n) is 5.42. The number of alkyl halides is 1. The summed E-state index contributed by atoms with van der Waals surface area (Å²) in [6, 6.07) is 17.5. The summed E-state index contributed by atoms with van der Waals surface area (Å²) in [5, 5.41) is 0.498. The summed E-state index contributed by atoms with van der Waals surface area (Å²) >= 11 is 6.02. The number of nitrogen functional groups attached to an aromatic ring is 1. The van der Waals surface area contributed by atoms with E-state index in [0.717, 1.165) is 28.6 Å². The number of hydrogen-bond acceptors (Lipinski definition) is 4. The Labute approximate surface area is 175 Å². The third kappa shape index (κ3) is 5.55. The van der Waals surface area contributed by atoms with E-state index in [-0.39, 0.29) is 0 Å². The third-order valence-corrected chi connectivity index (χ3v) is 4.43. The Balaban J connectivity index is 0.00000136. The minimum atomic E-state index is 0.498. The molecule has 0 saturated carbocycles. The van der Waals surface area contributed by atoms with Gasteiger partial charge in [0.05, 0.1) is 5.57 Å². The van der Waals surface area contributed by atoms with Gasteiger partial charge in [-0.15, -0.1) is 15.6 Å². The third-order valence-electron chi connectivity index (χ3n) is 3.59. The normalized spacial score (nSPS) is 11.0. The molecule has 0 aliphatic carbocycles. The lowest BCUT2D eigenvalue weighted by atomic mass is 10.2. The van der Waals surface area contributed by atoms with Crippen LogP contribution in [0.1, 0.15) is 12.7 Å². The first-order chi connectivity index (χ1) is 13.7. The van der Waals surface area contributed by atoms with Gasteiger partial charge in [-0.25, -0.2) is 0 Å². The highest BCUT2D eigenvalue weighted by Gasteiger charge is 2.23. The Bertz CT molecular complexity index is 948. The molecule has 0 radical (unpaired) electrons. The van der Waals surface area contributed by atoms with Gasteiger partial charge in [0, 0.05) is 6.38 Å². The first-order valence-electron chi connectivity index (χ1n) is 8.57. The van der Waals surface area contributed by atoms with Crippen LogP contribution < -0.4 is 14.4 Å². The molecule has 4 nitrogen and oxygen atoms in total. The van der Waals surface area contributed by atoms with Gasteiger partial charge in [-0.05, 0) is 54.4 Å². The number of allylic oxidation sites excluding steroid dienone is 5. The van der Waals surface area contributed by atoms with E-state index in [0.29, 0.717) is 5.13 Å². The zero-order chi connectivity index (χ0) is 20.4. The number of hydrogen-bond donors (Lipinski definition) is 1. The quantitative estimate of drug-likeness (QED) is 0.316. The smallest absolute Gasteiger partial charge is 0.350 e. The Morgan fingerprint density at radius 1 is 1.11 bits per heavy atom. The summed E-state index contributed by atoms with van der Waals surface area (Å²) in [5.41, 5.74) is 7.82. The van der Waals surface area contributed by atoms with Crippen LogP contribution in [0.5, 0.6) is 11.5 Å². The average molecular weight is 413 g/mol. The van der Waals surface area contributed by atoms with Crippen LogP contribution in [0.2, 0.25) is 0 Å². The van der Waals surface area contributed by atoms with E-state index in [9.17, 15) is 0 Å². The van der Waals surface area contributed by atoms with Gasteiger partial charge < -0.3 is 10.5 Å². The summed E-state index contributed by atoms with van der Waals surface area (Å²) in [5.74, 6) is 2.34. The van der Waals surface area contributed by atoms with Gasteiger partial charge in [0.15, 0.2) is 0 Å². The van der Waals surface area contributed by atoms with E-state index < -0.39 is 0 Å². The van der Waals surface area contributed by atoms with Crippen molar-refractivity contribution < 1.29 is 8.69 Å². The van der Waals surface area contributed by atoms with E-state index in [2.05, 4.69) is 23.2 Å². The van der Waals surface area contributed by atoms with Crippen molar-refractivity contribution in [3.63, 3.8) is 0 Å². The van der Waals surface area contributed by atoms with Gasteiger partial charge in [0.1, 0.15) is 28.7 Å². The molecule has 144 valence electrons. The standard InChI is InChI=1S/C21H19N3OS.CH3Cl/c1-3-5-9-16(4-2)20-23-21(22)26-24(20)17-12-14-19(15-13-17)25-18-10-7-6-8-11-18;1-2/h3-15,22H,2H2,1H3;1H3/p+1/b5-3-,16-9+;. The van der Waals surface area contributed by atoms with Crippen LogP contribution in [-0.2, 0) is 0 Å². The highest BCUT2D eigenvalue weighted by atomic mass is 35.5. The predicted molar refractivity (Wildman–Crippen MR) is 119 cm³/mol. The number of nitrogens with zero attached hydrogens (tertiary/aromatic N) is 2. The van der Waals surface area contributed by atoms with Gasteiger partial charge >= 0.3 is 11.0 Å². The largest absolute Gasteiger partial charge is 0.457 e. The van der Waals surface area contributed by atoms with Crippen molar-refractivity contribution in [1.29, 1.82) is 0 Å². The van der Waals surface area contributed by atoms with Gasteiger partial charge in [-0.3, -0.25) is 0 Å². The molecule has 2 N–H and O–H groups in total. The Morgan fingerprint density at radius 3 is 2.36 bits per heavy atom. The molecule has 0 unspecified atom stereocenters. The second-order valence-corrected chi connectivity index (χ2v) is 6.39. The molecule has 0 atom stereocenters. The Hall–Kier alpha value is -2.89. The number of nitrogens with two attached hydrogens (primary N) is 1. The molecule has 1 heterocycles. The van der Waals surface area contributed by atoms with E-state index in [4.69, 9.17) is 10.5 Å².